The van der Waals surface area contributed by atoms with Gasteiger partial charge in [0.05, 0.1) is 11.4 Å². The van der Waals surface area contributed by atoms with E-state index in [2.05, 4.69) is 15.5 Å². The summed E-state index contributed by atoms with van der Waals surface area (Å²) in [5, 5.41) is 17.0. The highest BCUT2D eigenvalue weighted by Crippen LogP contribution is 2.20. The topological polar surface area (TPSA) is 111 Å². The van der Waals surface area contributed by atoms with Crippen LogP contribution >= 0.6 is 11.6 Å². The van der Waals surface area contributed by atoms with Crippen LogP contribution in [-0.4, -0.2) is 25.2 Å². The zero-order valence-electron chi connectivity index (χ0n) is 13.7. The minimum absolute atomic E-state index is 0.106. The fourth-order valence-corrected chi connectivity index (χ4v) is 2.95. The molecule has 0 amide bonds. The van der Waals surface area contributed by atoms with Gasteiger partial charge in [-0.25, -0.2) is 13.6 Å². The first kappa shape index (κ1) is 18.5. The fraction of sp³-hybridized carbons (Fsp3) is 0.176. The number of primary sulfonamides is 1. The summed E-state index contributed by atoms with van der Waals surface area (Å²) < 4.78 is 28.0. The third-order valence-electron chi connectivity index (χ3n) is 3.68. The van der Waals surface area contributed by atoms with Gasteiger partial charge < -0.3 is 9.73 Å². The first-order chi connectivity index (χ1) is 12.4. The molecular formula is C17H17ClN4O3S. The summed E-state index contributed by atoms with van der Waals surface area (Å²) in [5.74, 6) is 0.927. The molecule has 1 heterocycles. The van der Waals surface area contributed by atoms with Crippen LogP contribution in [0, 0.1) is 0 Å². The number of hydrogen-bond acceptors (Lipinski definition) is 6. The lowest BCUT2D eigenvalue weighted by molar-refractivity contribution is 0.478. The predicted molar refractivity (Wildman–Crippen MR) is 98.0 cm³/mol. The molecule has 0 saturated carbocycles. The average molecular weight is 393 g/mol. The number of benzene rings is 2. The highest BCUT2D eigenvalue weighted by Gasteiger charge is 2.09. The van der Waals surface area contributed by atoms with Crippen molar-refractivity contribution in [1.82, 2.24) is 15.5 Å². The van der Waals surface area contributed by atoms with E-state index in [0.717, 1.165) is 17.5 Å². The molecule has 0 atom stereocenters. The minimum atomic E-state index is -3.65. The Morgan fingerprint density at radius 3 is 2.38 bits per heavy atom. The van der Waals surface area contributed by atoms with Crippen LogP contribution in [0.5, 0.6) is 0 Å². The summed E-state index contributed by atoms with van der Waals surface area (Å²) in [5.41, 5.74) is 1.81. The quantitative estimate of drug-likeness (QED) is 0.597. The van der Waals surface area contributed by atoms with Crippen molar-refractivity contribution in [3.63, 3.8) is 0 Å². The molecule has 136 valence electrons. The first-order valence-electron chi connectivity index (χ1n) is 7.82. The van der Waals surface area contributed by atoms with Crippen LogP contribution < -0.4 is 10.5 Å². The molecule has 0 aliphatic carbocycles. The number of sulfonamides is 1. The maximum atomic E-state index is 11.2. The molecule has 1 aromatic heterocycles. The molecule has 3 rings (SSSR count). The SMILES string of the molecule is NS(=O)(=O)c1ccc(CCNCc2nnc(-c3ccc(Cl)cc3)o2)cc1. The van der Waals surface area contributed by atoms with Gasteiger partial charge in [0.25, 0.3) is 0 Å². The summed E-state index contributed by atoms with van der Waals surface area (Å²) in [6.45, 7) is 1.11. The van der Waals surface area contributed by atoms with Crippen LogP contribution in [0.2, 0.25) is 5.02 Å². The second-order valence-electron chi connectivity index (χ2n) is 5.62. The van der Waals surface area contributed by atoms with Gasteiger partial charge in [0.1, 0.15) is 0 Å². The Bertz CT molecular complexity index is 970. The van der Waals surface area contributed by atoms with E-state index in [1.165, 1.54) is 12.1 Å². The molecule has 2 aromatic carbocycles. The van der Waals surface area contributed by atoms with E-state index in [0.29, 0.717) is 29.9 Å². The Balaban J connectivity index is 1.49. The van der Waals surface area contributed by atoms with Crippen molar-refractivity contribution in [3.05, 3.63) is 65.0 Å². The Labute approximate surface area is 156 Å². The van der Waals surface area contributed by atoms with E-state index in [-0.39, 0.29) is 4.90 Å². The van der Waals surface area contributed by atoms with Gasteiger partial charge in [-0.1, -0.05) is 23.7 Å². The van der Waals surface area contributed by atoms with Crippen molar-refractivity contribution in [2.45, 2.75) is 17.9 Å². The van der Waals surface area contributed by atoms with Crippen LogP contribution in [0.1, 0.15) is 11.5 Å². The fourth-order valence-electron chi connectivity index (χ4n) is 2.31. The number of nitrogens with two attached hydrogens (primary N) is 1. The van der Waals surface area contributed by atoms with E-state index in [1.54, 1.807) is 24.3 Å². The summed E-state index contributed by atoms with van der Waals surface area (Å²) in [6, 6.07) is 13.7. The number of nitrogens with zero attached hydrogens (tertiary/aromatic N) is 2. The van der Waals surface area contributed by atoms with Crippen LogP contribution in [0.15, 0.2) is 57.8 Å². The highest BCUT2D eigenvalue weighted by atomic mass is 35.5. The monoisotopic (exact) mass is 392 g/mol. The first-order valence-corrected chi connectivity index (χ1v) is 9.75. The maximum absolute atomic E-state index is 11.2. The standard InChI is InChI=1S/C17H17ClN4O3S/c18-14-5-3-13(4-6-14)17-22-21-16(25-17)11-20-10-9-12-1-7-15(8-2-12)26(19,23)24/h1-8,20H,9-11H2,(H2,19,23,24). The van der Waals surface area contributed by atoms with Crippen LogP contribution in [0.3, 0.4) is 0 Å². The van der Waals surface area contributed by atoms with Crippen molar-refractivity contribution < 1.29 is 12.8 Å². The molecule has 0 aliphatic heterocycles. The normalized spacial score (nSPS) is 11.6. The van der Waals surface area contributed by atoms with Crippen LogP contribution in [-0.2, 0) is 23.0 Å². The molecule has 0 bridgehead atoms. The minimum Gasteiger partial charge on any atom is -0.419 e. The van der Waals surface area contributed by atoms with Crippen molar-refractivity contribution in [2.24, 2.45) is 5.14 Å². The molecule has 3 aromatic rings. The van der Waals surface area contributed by atoms with E-state index < -0.39 is 10.0 Å². The zero-order valence-corrected chi connectivity index (χ0v) is 15.3. The smallest absolute Gasteiger partial charge is 0.247 e. The van der Waals surface area contributed by atoms with Crippen LogP contribution in [0.4, 0.5) is 0 Å². The highest BCUT2D eigenvalue weighted by molar-refractivity contribution is 7.89. The lowest BCUT2D eigenvalue weighted by Gasteiger charge is -2.04. The molecule has 3 N–H and O–H groups in total. The lowest BCUT2D eigenvalue weighted by atomic mass is 10.1. The molecular weight excluding hydrogens is 376 g/mol. The van der Waals surface area contributed by atoms with Gasteiger partial charge >= 0.3 is 0 Å². The number of rotatable bonds is 7. The number of nitrogens with one attached hydrogen (secondary N) is 1. The van der Waals surface area contributed by atoms with Gasteiger partial charge in [-0.2, -0.15) is 0 Å². The van der Waals surface area contributed by atoms with E-state index in [4.69, 9.17) is 21.2 Å². The summed E-state index contributed by atoms with van der Waals surface area (Å²) >= 11 is 5.86. The molecule has 7 nitrogen and oxygen atoms in total. The Hall–Kier alpha value is -2.26. The molecule has 0 radical (unpaired) electrons. The number of halogens is 1. The Kier molecular flexibility index (Phi) is 5.67. The summed E-state index contributed by atoms with van der Waals surface area (Å²) in [7, 11) is -3.65. The van der Waals surface area contributed by atoms with Gasteiger partial charge in [0.15, 0.2) is 0 Å². The second kappa shape index (κ2) is 7.96. The predicted octanol–water partition coefficient (Wildman–Crippen LogP) is 2.37. The molecule has 9 heteroatoms. The maximum Gasteiger partial charge on any atom is 0.247 e. The lowest BCUT2D eigenvalue weighted by Crippen LogP contribution is -2.17. The Morgan fingerprint density at radius 2 is 1.73 bits per heavy atom. The van der Waals surface area contributed by atoms with Crippen molar-refractivity contribution in [1.29, 1.82) is 0 Å². The largest absolute Gasteiger partial charge is 0.419 e. The average Bonchev–Trinajstić information content (AvgIpc) is 3.08. The van der Waals surface area contributed by atoms with E-state index in [1.807, 2.05) is 12.1 Å². The third kappa shape index (κ3) is 4.89. The zero-order chi connectivity index (χ0) is 18.6. The van der Waals surface area contributed by atoms with Gasteiger partial charge in [-0.05, 0) is 54.9 Å². The van der Waals surface area contributed by atoms with Gasteiger partial charge in [0, 0.05) is 10.6 Å². The number of hydrogen-bond donors (Lipinski definition) is 2. The molecule has 0 spiro atoms. The molecule has 0 saturated heterocycles. The number of aromatic nitrogens is 2. The second-order valence-corrected chi connectivity index (χ2v) is 7.62. The van der Waals surface area contributed by atoms with E-state index >= 15 is 0 Å². The molecule has 0 unspecified atom stereocenters. The van der Waals surface area contributed by atoms with Crippen molar-refractivity contribution >= 4 is 21.6 Å². The summed E-state index contributed by atoms with van der Waals surface area (Å²) in [4.78, 5) is 0.106. The third-order valence-corrected chi connectivity index (χ3v) is 4.86. The van der Waals surface area contributed by atoms with Crippen molar-refractivity contribution in [3.8, 4) is 11.5 Å². The summed E-state index contributed by atoms with van der Waals surface area (Å²) in [6.07, 6.45) is 0.725. The Morgan fingerprint density at radius 1 is 1.04 bits per heavy atom. The van der Waals surface area contributed by atoms with Gasteiger partial charge in [-0.3, -0.25) is 0 Å². The molecule has 0 fully saturated rings. The van der Waals surface area contributed by atoms with Gasteiger partial charge in [0.2, 0.25) is 21.8 Å². The van der Waals surface area contributed by atoms with Crippen LogP contribution in [0.25, 0.3) is 11.5 Å². The molecule has 26 heavy (non-hydrogen) atoms. The molecule has 0 aliphatic rings. The van der Waals surface area contributed by atoms with E-state index in [9.17, 15) is 8.42 Å². The van der Waals surface area contributed by atoms with Gasteiger partial charge in [-0.15, -0.1) is 10.2 Å². The van der Waals surface area contributed by atoms with Crippen molar-refractivity contribution in [2.75, 3.05) is 6.54 Å².